The van der Waals surface area contributed by atoms with Crippen molar-refractivity contribution in [3.05, 3.63) is 65.2 Å². The van der Waals surface area contributed by atoms with Gasteiger partial charge in [0.25, 0.3) is 5.91 Å². The number of nitrogens with zero attached hydrogens (tertiary/aromatic N) is 2. The van der Waals surface area contributed by atoms with Crippen LogP contribution in [-0.4, -0.2) is 63.2 Å². The van der Waals surface area contributed by atoms with Crippen LogP contribution in [0.3, 0.4) is 0 Å². The van der Waals surface area contributed by atoms with E-state index >= 15 is 0 Å². The molecule has 3 aliphatic carbocycles. The van der Waals surface area contributed by atoms with Gasteiger partial charge >= 0.3 is 0 Å². The van der Waals surface area contributed by atoms with E-state index in [2.05, 4.69) is 22.8 Å². The first kappa shape index (κ1) is 22.8. The first-order chi connectivity index (χ1) is 17.4. The van der Waals surface area contributed by atoms with Crippen molar-refractivity contribution in [2.45, 2.75) is 75.0 Å². The Morgan fingerprint density at radius 3 is 2.64 bits per heavy atom. The van der Waals surface area contributed by atoms with E-state index in [1.54, 1.807) is 0 Å². The van der Waals surface area contributed by atoms with Crippen LogP contribution in [0.2, 0.25) is 0 Å². The van der Waals surface area contributed by atoms with Crippen molar-refractivity contribution in [3.63, 3.8) is 0 Å². The third kappa shape index (κ3) is 2.93. The molecular formula is C31H38N2O3. The SMILES string of the molecule is CC1N(CC2CCC2)CC2Cc3ccc(O)cc3C23C2CCN(C(=O)c4ccccc4)C2CCC13O. The second-order valence-corrected chi connectivity index (χ2v) is 12.3. The topological polar surface area (TPSA) is 64.0 Å². The van der Waals surface area contributed by atoms with E-state index in [0.717, 1.165) is 55.9 Å². The lowest BCUT2D eigenvalue weighted by molar-refractivity contribution is -0.200. The number of fused-ring (bicyclic) bond motifs is 2. The molecule has 2 saturated heterocycles. The van der Waals surface area contributed by atoms with Gasteiger partial charge < -0.3 is 15.1 Å². The third-order valence-electron chi connectivity index (χ3n) is 11.0. The van der Waals surface area contributed by atoms with Crippen LogP contribution >= 0.6 is 0 Å². The summed E-state index contributed by atoms with van der Waals surface area (Å²) in [4.78, 5) is 18.3. The van der Waals surface area contributed by atoms with Crippen LogP contribution in [0.15, 0.2) is 48.5 Å². The van der Waals surface area contributed by atoms with E-state index in [1.807, 2.05) is 42.5 Å². The van der Waals surface area contributed by atoms with Gasteiger partial charge in [0, 0.05) is 42.7 Å². The predicted molar refractivity (Wildman–Crippen MR) is 139 cm³/mol. The van der Waals surface area contributed by atoms with Gasteiger partial charge in [-0.2, -0.15) is 0 Å². The van der Waals surface area contributed by atoms with Crippen molar-refractivity contribution in [3.8, 4) is 5.75 Å². The van der Waals surface area contributed by atoms with Crippen LogP contribution in [0.5, 0.6) is 5.75 Å². The number of carbonyl (C=O) groups excluding carboxylic acids is 1. The van der Waals surface area contributed by atoms with Gasteiger partial charge in [0.2, 0.25) is 0 Å². The van der Waals surface area contributed by atoms with Gasteiger partial charge in [0.15, 0.2) is 0 Å². The molecule has 6 atom stereocenters. The summed E-state index contributed by atoms with van der Waals surface area (Å²) < 4.78 is 0. The van der Waals surface area contributed by atoms with Gasteiger partial charge in [-0.05, 0) is 98.6 Å². The second kappa shape index (κ2) is 8.06. The quantitative estimate of drug-likeness (QED) is 0.677. The number of phenolic OH excluding ortho intramolecular Hbond substituents is 1. The zero-order valence-corrected chi connectivity index (χ0v) is 21.3. The molecule has 0 radical (unpaired) electrons. The summed E-state index contributed by atoms with van der Waals surface area (Å²) >= 11 is 0. The van der Waals surface area contributed by atoms with Crippen molar-refractivity contribution in [2.24, 2.45) is 17.8 Å². The fourth-order valence-electron chi connectivity index (χ4n) is 9.25. The summed E-state index contributed by atoms with van der Waals surface area (Å²) in [5.74, 6) is 1.66. The van der Waals surface area contributed by atoms with Gasteiger partial charge in [-0.25, -0.2) is 0 Å². The largest absolute Gasteiger partial charge is 0.508 e. The zero-order valence-electron chi connectivity index (χ0n) is 21.3. The van der Waals surface area contributed by atoms with Crippen LogP contribution in [0.1, 0.15) is 66.9 Å². The molecule has 190 valence electrons. The van der Waals surface area contributed by atoms with Crippen molar-refractivity contribution in [1.82, 2.24) is 9.80 Å². The summed E-state index contributed by atoms with van der Waals surface area (Å²) in [5, 5.41) is 23.5. The lowest BCUT2D eigenvalue weighted by Crippen LogP contribution is -2.75. The maximum atomic E-state index is 13.6. The molecule has 36 heavy (non-hydrogen) atoms. The molecule has 5 heteroatoms. The number of hydrogen-bond donors (Lipinski definition) is 2. The zero-order chi connectivity index (χ0) is 24.7. The molecule has 2 heterocycles. The molecule has 7 rings (SSSR count). The lowest BCUT2D eigenvalue weighted by atomic mass is 9.46. The number of likely N-dealkylation sites (tertiary alicyclic amines) is 2. The highest BCUT2D eigenvalue weighted by atomic mass is 16.3. The summed E-state index contributed by atoms with van der Waals surface area (Å²) in [5.41, 5.74) is 1.90. The van der Waals surface area contributed by atoms with Crippen LogP contribution in [0.4, 0.5) is 0 Å². The molecule has 1 amide bonds. The van der Waals surface area contributed by atoms with Crippen molar-refractivity contribution < 1.29 is 15.0 Å². The Morgan fingerprint density at radius 2 is 1.89 bits per heavy atom. The van der Waals surface area contributed by atoms with Crippen LogP contribution in [0.25, 0.3) is 0 Å². The minimum atomic E-state index is -0.869. The highest BCUT2D eigenvalue weighted by Crippen LogP contribution is 2.66. The number of amides is 1. The highest BCUT2D eigenvalue weighted by Gasteiger charge is 2.72. The van der Waals surface area contributed by atoms with Crippen LogP contribution < -0.4 is 0 Å². The first-order valence-electron chi connectivity index (χ1n) is 14.1. The van der Waals surface area contributed by atoms with E-state index in [9.17, 15) is 15.0 Å². The van der Waals surface area contributed by atoms with E-state index in [1.165, 1.54) is 24.8 Å². The third-order valence-corrected chi connectivity index (χ3v) is 11.0. The number of phenols is 1. The van der Waals surface area contributed by atoms with Gasteiger partial charge in [-0.1, -0.05) is 30.7 Å². The fourth-order valence-corrected chi connectivity index (χ4v) is 9.25. The molecule has 1 spiro atoms. The minimum absolute atomic E-state index is 0.0578. The normalized spacial score (nSPS) is 37.6. The highest BCUT2D eigenvalue weighted by molar-refractivity contribution is 5.94. The molecule has 5 aliphatic rings. The van der Waals surface area contributed by atoms with Gasteiger partial charge in [-0.3, -0.25) is 9.69 Å². The number of rotatable bonds is 3. The number of aromatic hydroxyl groups is 1. The van der Waals surface area contributed by atoms with Crippen molar-refractivity contribution in [2.75, 3.05) is 19.6 Å². The standard InChI is InChI=1S/C31H38N2O3/c1-20-30(36)14-12-28-26(13-15-33(28)29(35)22-8-3-2-4-9-22)31(30)24(19-32(20)18-21-6-5-7-21)16-23-10-11-25(34)17-27(23)31/h2-4,8-11,17,20-21,24,26,28,34,36H,5-7,12-16,18-19H2,1H3. The van der Waals surface area contributed by atoms with Crippen LogP contribution in [-0.2, 0) is 11.8 Å². The predicted octanol–water partition coefficient (Wildman–Crippen LogP) is 4.36. The van der Waals surface area contributed by atoms with E-state index in [0.29, 0.717) is 12.3 Å². The Kier molecular flexibility index (Phi) is 5.11. The summed E-state index contributed by atoms with van der Waals surface area (Å²) in [7, 11) is 0. The van der Waals surface area contributed by atoms with E-state index in [4.69, 9.17) is 0 Å². The summed E-state index contributed by atoms with van der Waals surface area (Å²) in [6, 6.07) is 15.7. The molecule has 2 aliphatic heterocycles. The van der Waals surface area contributed by atoms with Gasteiger partial charge in [0.1, 0.15) is 5.75 Å². The van der Waals surface area contributed by atoms with Crippen molar-refractivity contribution >= 4 is 5.91 Å². The average molecular weight is 487 g/mol. The number of aliphatic hydroxyl groups is 1. The fraction of sp³-hybridized carbons (Fsp3) is 0.581. The molecule has 2 aromatic rings. The molecule has 4 fully saturated rings. The summed E-state index contributed by atoms with van der Waals surface area (Å²) in [6.07, 6.45) is 7.35. The van der Waals surface area contributed by atoms with Crippen LogP contribution in [0, 0.1) is 17.8 Å². The molecule has 6 unspecified atom stereocenters. The molecule has 2 N–H and O–H groups in total. The Hall–Kier alpha value is -2.37. The van der Waals surface area contributed by atoms with E-state index in [-0.39, 0.29) is 29.7 Å². The molecule has 2 aromatic carbocycles. The Labute approximate surface area is 214 Å². The second-order valence-electron chi connectivity index (χ2n) is 12.3. The monoisotopic (exact) mass is 486 g/mol. The number of benzene rings is 2. The summed E-state index contributed by atoms with van der Waals surface area (Å²) in [6.45, 7) is 5.07. The lowest BCUT2D eigenvalue weighted by Gasteiger charge is -2.65. The molecule has 0 aromatic heterocycles. The molecular weight excluding hydrogens is 448 g/mol. The average Bonchev–Trinajstić information content (AvgIpc) is 3.43. The Balaban J connectivity index is 1.32. The Morgan fingerprint density at radius 1 is 1.08 bits per heavy atom. The first-order valence-corrected chi connectivity index (χ1v) is 14.1. The van der Waals surface area contributed by atoms with E-state index < -0.39 is 11.0 Å². The smallest absolute Gasteiger partial charge is 0.254 e. The number of carbonyl (C=O) groups is 1. The Bertz CT molecular complexity index is 1180. The molecule has 0 bridgehead atoms. The van der Waals surface area contributed by atoms with Gasteiger partial charge in [-0.15, -0.1) is 0 Å². The maximum absolute atomic E-state index is 13.6. The minimum Gasteiger partial charge on any atom is -0.508 e. The molecule has 5 nitrogen and oxygen atoms in total. The van der Waals surface area contributed by atoms with Crippen molar-refractivity contribution in [1.29, 1.82) is 0 Å². The molecule has 2 saturated carbocycles. The number of hydrogen-bond acceptors (Lipinski definition) is 4. The maximum Gasteiger partial charge on any atom is 0.254 e. The number of piperidine rings is 1. The van der Waals surface area contributed by atoms with Gasteiger partial charge in [0.05, 0.1) is 5.60 Å².